The molecule has 1 amide bonds. The summed E-state index contributed by atoms with van der Waals surface area (Å²) in [5.41, 5.74) is 1.12. The van der Waals surface area contributed by atoms with Crippen LogP contribution in [0, 0.1) is 25.2 Å². The van der Waals surface area contributed by atoms with Crippen LogP contribution in [0.15, 0.2) is 35.2 Å². The summed E-state index contributed by atoms with van der Waals surface area (Å²) in [5, 5.41) is 8.83. The minimum absolute atomic E-state index is 0.0396. The van der Waals surface area contributed by atoms with Crippen molar-refractivity contribution < 1.29 is 13.2 Å². The summed E-state index contributed by atoms with van der Waals surface area (Å²) in [4.78, 5) is 16.6. The second-order valence-corrected chi connectivity index (χ2v) is 9.56. The minimum atomic E-state index is -3.62. The Morgan fingerprint density at radius 3 is 2.23 bits per heavy atom. The molecule has 2 aromatic rings. The van der Waals surface area contributed by atoms with Crippen molar-refractivity contribution in [2.45, 2.75) is 18.7 Å². The lowest BCUT2D eigenvalue weighted by Crippen LogP contribution is -2.50. The number of hydrogen-bond donors (Lipinski definition) is 0. The van der Waals surface area contributed by atoms with Crippen molar-refractivity contribution in [3.63, 3.8) is 0 Å². The maximum atomic E-state index is 12.7. The number of thiophene rings is 1. The number of aryl methyl sites for hydroxylation is 2. The molecule has 1 aromatic carbocycles. The highest BCUT2D eigenvalue weighted by molar-refractivity contribution is 7.89. The zero-order valence-corrected chi connectivity index (χ0v) is 16.2. The molecule has 0 N–H and O–H groups in total. The van der Waals surface area contributed by atoms with Crippen LogP contribution in [0.4, 0.5) is 0 Å². The summed E-state index contributed by atoms with van der Waals surface area (Å²) in [5.74, 6) is -0.0396. The maximum Gasteiger partial charge on any atom is 0.255 e. The second-order valence-electron chi connectivity index (χ2n) is 6.16. The number of hydrogen-bond acceptors (Lipinski definition) is 5. The normalized spacial score (nSPS) is 15.7. The van der Waals surface area contributed by atoms with E-state index < -0.39 is 10.0 Å². The lowest BCUT2D eigenvalue weighted by Gasteiger charge is -2.34. The lowest BCUT2D eigenvalue weighted by atomic mass is 10.2. The van der Waals surface area contributed by atoms with Crippen LogP contribution in [0.5, 0.6) is 0 Å². The van der Waals surface area contributed by atoms with E-state index in [1.807, 2.05) is 26.0 Å². The van der Waals surface area contributed by atoms with E-state index in [-0.39, 0.29) is 23.9 Å². The van der Waals surface area contributed by atoms with E-state index in [0.29, 0.717) is 24.2 Å². The molecule has 0 aliphatic carbocycles. The van der Waals surface area contributed by atoms with Gasteiger partial charge in [-0.05, 0) is 44.2 Å². The monoisotopic (exact) mass is 389 g/mol. The molecule has 2 heterocycles. The molecular weight excluding hydrogens is 370 g/mol. The van der Waals surface area contributed by atoms with Crippen molar-refractivity contribution in [2.75, 3.05) is 26.2 Å². The maximum absolute atomic E-state index is 12.7. The molecule has 6 nitrogen and oxygen atoms in total. The van der Waals surface area contributed by atoms with Crippen molar-refractivity contribution in [3.05, 3.63) is 51.2 Å². The fourth-order valence-electron chi connectivity index (χ4n) is 3.00. The third kappa shape index (κ3) is 3.51. The molecule has 0 atom stereocenters. The fourth-order valence-corrected chi connectivity index (χ4v) is 5.33. The predicted molar refractivity (Wildman–Crippen MR) is 99.6 cm³/mol. The minimum Gasteiger partial charge on any atom is -0.336 e. The highest BCUT2D eigenvalue weighted by Gasteiger charge is 2.31. The average molecular weight is 390 g/mol. The number of piperazine rings is 1. The number of nitrogens with zero attached hydrogens (tertiary/aromatic N) is 3. The van der Waals surface area contributed by atoms with Crippen molar-refractivity contribution in [1.82, 2.24) is 9.21 Å². The number of carbonyl (C=O) groups is 1. The summed E-state index contributed by atoms with van der Waals surface area (Å²) in [6, 6.07) is 9.75. The van der Waals surface area contributed by atoms with E-state index in [1.165, 1.54) is 28.6 Å². The van der Waals surface area contributed by atoms with E-state index in [9.17, 15) is 13.2 Å². The van der Waals surface area contributed by atoms with E-state index >= 15 is 0 Å². The van der Waals surface area contributed by atoms with Gasteiger partial charge in [0.15, 0.2) is 0 Å². The fraction of sp³-hybridized carbons (Fsp3) is 0.333. The number of nitriles is 1. The average Bonchev–Trinajstić information content (AvgIpc) is 2.99. The van der Waals surface area contributed by atoms with E-state index in [1.54, 1.807) is 16.2 Å². The largest absolute Gasteiger partial charge is 0.336 e. The first-order valence-corrected chi connectivity index (χ1v) is 10.4. The first kappa shape index (κ1) is 18.6. The number of benzene rings is 1. The zero-order valence-electron chi connectivity index (χ0n) is 14.6. The summed E-state index contributed by atoms with van der Waals surface area (Å²) in [7, 11) is -3.62. The first-order chi connectivity index (χ1) is 12.3. The molecule has 3 rings (SSSR count). The summed E-state index contributed by atoms with van der Waals surface area (Å²) >= 11 is 1.59. The van der Waals surface area contributed by atoms with Crippen molar-refractivity contribution in [2.24, 2.45) is 0 Å². The molecule has 0 saturated carbocycles. The highest BCUT2D eigenvalue weighted by Crippen LogP contribution is 2.24. The van der Waals surface area contributed by atoms with Crippen LogP contribution in [0.25, 0.3) is 0 Å². The van der Waals surface area contributed by atoms with Gasteiger partial charge in [0.2, 0.25) is 10.0 Å². The standard InChI is InChI=1S/C18H19N3O3S2/c1-13-11-17(14(2)25-13)18(22)20-7-9-21(10-8-20)26(23,24)16-5-3-15(12-19)4-6-16/h3-6,11H,7-10H2,1-2H3. The first-order valence-electron chi connectivity index (χ1n) is 8.19. The molecule has 1 aliphatic heterocycles. The van der Waals surface area contributed by atoms with Crippen LogP contribution < -0.4 is 0 Å². The summed E-state index contributed by atoms with van der Waals surface area (Å²) in [6.07, 6.45) is 0. The van der Waals surface area contributed by atoms with Crippen molar-refractivity contribution >= 4 is 27.3 Å². The Kier molecular flexibility index (Phi) is 5.14. The highest BCUT2D eigenvalue weighted by atomic mass is 32.2. The van der Waals surface area contributed by atoms with Crippen molar-refractivity contribution in [1.29, 1.82) is 5.26 Å². The Hall–Kier alpha value is -2.21. The van der Waals surface area contributed by atoms with Crippen LogP contribution in [0.2, 0.25) is 0 Å². The molecular formula is C18H19N3O3S2. The predicted octanol–water partition coefficient (Wildman–Crippen LogP) is 2.38. The molecule has 0 bridgehead atoms. The number of sulfonamides is 1. The summed E-state index contributed by atoms with van der Waals surface area (Å²) < 4.78 is 26.9. The van der Waals surface area contributed by atoms with Gasteiger partial charge in [0.1, 0.15) is 0 Å². The lowest BCUT2D eigenvalue weighted by molar-refractivity contribution is 0.0697. The molecule has 0 spiro atoms. The van der Waals surface area contributed by atoms with Crippen LogP contribution in [0.1, 0.15) is 25.7 Å². The second kappa shape index (κ2) is 7.19. The number of carbonyl (C=O) groups excluding carboxylic acids is 1. The van der Waals surface area contributed by atoms with Gasteiger partial charge in [-0.15, -0.1) is 11.3 Å². The molecule has 0 unspecified atom stereocenters. The van der Waals surface area contributed by atoms with Gasteiger partial charge in [0.05, 0.1) is 22.1 Å². The van der Waals surface area contributed by atoms with Gasteiger partial charge in [-0.2, -0.15) is 9.57 Å². The zero-order chi connectivity index (χ0) is 18.9. The third-order valence-corrected chi connectivity index (χ3v) is 7.30. The van der Waals surface area contributed by atoms with Gasteiger partial charge >= 0.3 is 0 Å². The Bertz CT molecular complexity index is 964. The number of amides is 1. The van der Waals surface area contributed by atoms with Gasteiger partial charge in [-0.3, -0.25) is 4.79 Å². The summed E-state index contributed by atoms with van der Waals surface area (Å²) in [6.45, 7) is 5.14. The van der Waals surface area contributed by atoms with Crippen LogP contribution in [-0.2, 0) is 10.0 Å². The topological polar surface area (TPSA) is 81.5 Å². The van der Waals surface area contributed by atoms with Gasteiger partial charge < -0.3 is 4.90 Å². The third-order valence-electron chi connectivity index (χ3n) is 4.42. The van der Waals surface area contributed by atoms with Gasteiger partial charge in [0.25, 0.3) is 5.91 Å². The molecule has 1 fully saturated rings. The van der Waals surface area contributed by atoms with E-state index in [4.69, 9.17) is 5.26 Å². The van der Waals surface area contributed by atoms with E-state index in [0.717, 1.165) is 9.75 Å². The van der Waals surface area contributed by atoms with Gasteiger partial charge in [-0.25, -0.2) is 8.42 Å². The van der Waals surface area contributed by atoms with E-state index in [2.05, 4.69) is 0 Å². The quantitative estimate of drug-likeness (QED) is 0.807. The molecule has 8 heteroatoms. The van der Waals surface area contributed by atoms with Crippen LogP contribution >= 0.6 is 11.3 Å². The molecule has 1 aliphatic rings. The van der Waals surface area contributed by atoms with Crippen LogP contribution in [-0.4, -0.2) is 49.7 Å². The Morgan fingerprint density at radius 1 is 1.12 bits per heavy atom. The molecule has 26 heavy (non-hydrogen) atoms. The smallest absolute Gasteiger partial charge is 0.255 e. The Balaban J connectivity index is 1.70. The molecule has 1 saturated heterocycles. The number of rotatable bonds is 3. The van der Waals surface area contributed by atoms with Gasteiger partial charge in [-0.1, -0.05) is 0 Å². The molecule has 1 aromatic heterocycles. The van der Waals surface area contributed by atoms with Gasteiger partial charge in [0, 0.05) is 35.9 Å². The van der Waals surface area contributed by atoms with Crippen LogP contribution in [0.3, 0.4) is 0 Å². The Labute approximate surface area is 157 Å². The SMILES string of the molecule is Cc1cc(C(=O)N2CCN(S(=O)(=O)c3ccc(C#N)cc3)CC2)c(C)s1. The molecule has 0 radical (unpaired) electrons. The molecule has 136 valence electrons. The Morgan fingerprint density at radius 2 is 1.73 bits per heavy atom. The van der Waals surface area contributed by atoms with Crippen molar-refractivity contribution in [3.8, 4) is 6.07 Å².